The molecule has 17 heavy (non-hydrogen) atoms. The van der Waals surface area contributed by atoms with E-state index in [1.165, 1.54) is 11.1 Å². The maximum absolute atomic E-state index is 11.5. The van der Waals surface area contributed by atoms with E-state index in [2.05, 4.69) is 26.1 Å². The zero-order valence-corrected chi connectivity index (χ0v) is 11.5. The van der Waals surface area contributed by atoms with Crippen LogP contribution in [0.1, 0.15) is 53.4 Å². The molecule has 0 aromatic rings. The monoisotopic (exact) mass is 239 g/mol. The Bertz CT molecular complexity index is 297. The van der Waals surface area contributed by atoms with Gasteiger partial charge in [0, 0.05) is 25.4 Å². The molecule has 0 radical (unpaired) electrons. The fourth-order valence-corrected chi connectivity index (χ4v) is 2.11. The molecule has 1 aliphatic rings. The van der Waals surface area contributed by atoms with Crippen molar-refractivity contribution in [1.29, 1.82) is 0 Å². The normalized spacial score (nSPS) is 21.8. The van der Waals surface area contributed by atoms with E-state index in [0.717, 1.165) is 25.8 Å². The average Bonchev–Trinajstić information content (AvgIpc) is 2.58. The maximum Gasteiger partial charge on any atom is 0.306 e. The number of esters is 1. The summed E-state index contributed by atoms with van der Waals surface area (Å²) in [5.74, 6) is -0.0595. The third-order valence-electron chi connectivity index (χ3n) is 3.44. The van der Waals surface area contributed by atoms with Gasteiger partial charge >= 0.3 is 5.97 Å². The highest BCUT2D eigenvalue weighted by atomic mass is 16.5. The Kier molecular flexibility index (Phi) is 5.69. The Morgan fingerprint density at radius 2 is 2.24 bits per heavy atom. The summed E-state index contributed by atoms with van der Waals surface area (Å²) in [4.78, 5) is 11.5. The standard InChI is InChI=1S/C14H25NO2/c1-5-6-7-14(16)17-11(3)8-13-12(4)10(2)9-15-13/h11,13,15H,5-9H2,1-4H3/t11?,13-/m1/s1. The number of carbonyl (C=O) groups is 1. The lowest BCUT2D eigenvalue weighted by molar-refractivity contribution is -0.148. The summed E-state index contributed by atoms with van der Waals surface area (Å²) in [5, 5.41) is 3.44. The summed E-state index contributed by atoms with van der Waals surface area (Å²) in [6, 6.07) is 0.379. The van der Waals surface area contributed by atoms with Gasteiger partial charge in [0.15, 0.2) is 0 Å². The lowest BCUT2D eigenvalue weighted by Gasteiger charge is -2.19. The largest absolute Gasteiger partial charge is 0.463 e. The topological polar surface area (TPSA) is 38.3 Å². The summed E-state index contributed by atoms with van der Waals surface area (Å²) < 4.78 is 5.40. The molecular formula is C14H25NO2. The van der Waals surface area contributed by atoms with Gasteiger partial charge in [-0.05, 0) is 27.2 Å². The van der Waals surface area contributed by atoms with Crippen molar-refractivity contribution in [3.63, 3.8) is 0 Å². The van der Waals surface area contributed by atoms with Crippen molar-refractivity contribution in [1.82, 2.24) is 5.32 Å². The molecule has 3 heteroatoms. The van der Waals surface area contributed by atoms with Gasteiger partial charge in [-0.15, -0.1) is 0 Å². The Morgan fingerprint density at radius 1 is 1.53 bits per heavy atom. The number of carbonyl (C=O) groups excluding carboxylic acids is 1. The number of ether oxygens (including phenoxy) is 1. The molecule has 0 aromatic heterocycles. The first kappa shape index (κ1) is 14.2. The maximum atomic E-state index is 11.5. The van der Waals surface area contributed by atoms with Crippen molar-refractivity contribution in [3.05, 3.63) is 11.1 Å². The minimum atomic E-state index is -0.0595. The number of hydrogen-bond acceptors (Lipinski definition) is 3. The highest BCUT2D eigenvalue weighted by Crippen LogP contribution is 2.19. The molecule has 98 valence electrons. The van der Waals surface area contributed by atoms with Gasteiger partial charge in [0.25, 0.3) is 0 Å². The van der Waals surface area contributed by atoms with Crippen LogP contribution in [0.15, 0.2) is 11.1 Å². The second-order valence-corrected chi connectivity index (χ2v) is 5.04. The van der Waals surface area contributed by atoms with E-state index in [-0.39, 0.29) is 12.1 Å². The number of unbranched alkanes of at least 4 members (excludes halogenated alkanes) is 1. The quantitative estimate of drug-likeness (QED) is 0.572. The van der Waals surface area contributed by atoms with Crippen molar-refractivity contribution in [3.8, 4) is 0 Å². The van der Waals surface area contributed by atoms with Crippen LogP contribution in [0.4, 0.5) is 0 Å². The molecule has 3 nitrogen and oxygen atoms in total. The molecule has 2 atom stereocenters. The van der Waals surface area contributed by atoms with Crippen LogP contribution in [0.25, 0.3) is 0 Å². The third kappa shape index (κ3) is 4.50. The van der Waals surface area contributed by atoms with E-state index < -0.39 is 0 Å². The van der Waals surface area contributed by atoms with E-state index >= 15 is 0 Å². The van der Waals surface area contributed by atoms with Crippen LogP contribution in [0.3, 0.4) is 0 Å². The highest BCUT2D eigenvalue weighted by Gasteiger charge is 2.22. The van der Waals surface area contributed by atoms with Gasteiger partial charge in [0.2, 0.25) is 0 Å². The van der Waals surface area contributed by atoms with E-state index in [0.29, 0.717) is 12.5 Å². The van der Waals surface area contributed by atoms with E-state index in [1.807, 2.05) is 6.92 Å². The second kappa shape index (κ2) is 6.80. The molecule has 1 unspecified atom stereocenters. The van der Waals surface area contributed by atoms with Gasteiger partial charge in [0.1, 0.15) is 6.10 Å². The summed E-state index contributed by atoms with van der Waals surface area (Å²) in [7, 11) is 0. The van der Waals surface area contributed by atoms with Crippen LogP contribution in [0.5, 0.6) is 0 Å². The van der Waals surface area contributed by atoms with Crippen LogP contribution in [0.2, 0.25) is 0 Å². The summed E-state index contributed by atoms with van der Waals surface area (Å²) in [5.41, 5.74) is 2.82. The zero-order chi connectivity index (χ0) is 12.8. The van der Waals surface area contributed by atoms with Crippen LogP contribution in [0, 0.1) is 0 Å². The predicted molar refractivity (Wildman–Crippen MR) is 69.9 cm³/mol. The average molecular weight is 239 g/mol. The van der Waals surface area contributed by atoms with E-state index in [9.17, 15) is 4.79 Å². The molecule has 1 heterocycles. The molecule has 0 saturated carbocycles. The van der Waals surface area contributed by atoms with Gasteiger partial charge in [-0.1, -0.05) is 24.5 Å². The first-order valence-electron chi connectivity index (χ1n) is 6.63. The van der Waals surface area contributed by atoms with Crippen molar-refractivity contribution in [2.24, 2.45) is 0 Å². The molecule has 1 rings (SSSR count). The fourth-order valence-electron chi connectivity index (χ4n) is 2.11. The second-order valence-electron chi connectivity index (χ2n) is 5.04. The van der Waals surface area contributed by atoms with Gasteiger partial charge in [-0.25, -0.2) is 0 Å². The molecular weight excluding hydrogens is 214 g/mol. The molecule has 0 fully saturated rings. The fraction of sp³-hybridized carbons (Fsp3) is 0.786. The Labute approximate surface area is 105 Å². The first-order valence-corrected chi connectivity index (χ1v) is 6.63. The summed E-state index contributed by atoms with van der Waals surface area (Å²) >= 11 is 0. The first-order chi connectivity index (χ1) is 8.04. The number of hydrogen-bond donors (Lipinski definition) is 1. The molecule has 0 aliphatic carbocycles. The molecule has 0 aromatic carbocycles. The van der Waals surface area contributed by atoms with Crippen molar-refractivity contribution in [2.75, 3.05) is 6.54 Å². The predicted octanol–water partition coefficient (Wildman–Crippen LogP) is 2.81. The lowest BCUT2D eigenvalue weighted by Crippen LogP contribution is -2.30. The summed E-state index contributed by atoms with van der Waals surface area (Å²) in [6.45, 7) is 9.33. The van der Waals surface area contributed by atoms with Crippen molar-refractivity contribution >= 4 is 5.97 Å². The third-order valence-corrected chi connectivity index (χ3v) is 3.44. The van der Waals surface area contributed by atoms with E-state index in [4.69, 9.17) is 4.74 Å². The van der Waals surface area contributed by atoms with E-state index in [1.54, 1.807) is 0 Å². The smallest absolute Gasteiger partial charge is 0.306 e. The Hall–Kier alpha value is -0.830. The highest BCUT2D eigenvalue weighted by molar-refractivity contribution is 5.69. The number of rotatable bonds is 6. The van der Waals surface area contributed by atoms with Gasteiger partial charge in [0.05, 0.1) is 0 Å². The van der Waals surface area contributed by atoms with Crippen LogP contribution in [-0.4, -0.2) is 24.7 Å². The Balaban J connectivity index is 2.30. The van der Waals surface area contributed by atoms with Gasteiger partial charge < -0.3 is 10.1 Å². The lowest BCUT2D eigenvalue weighted by atomic mass is 10.0. The molecule has 0 saturated heterocycles. The molecule has 0 bridgehead atoms. The van der Waals surface area contributed by atoms with Crippen LogP contribution in [-0.2, 0) is 9.53 Å². The van der Waals surface area contributed by atoms with Crippen molar-refractivity contribution in [2.45, 2.75) is 65.5 Å². The van der Waals surface area contributed by atoms with Crippen LogP contribution >= 0.6 is 0 Å². The van der Waals surface area contributed by atoms with Crippen LogP contribution < -0.4 is 5.32 Å². The molecule has 1 aliphatic heterocycles. The SMILES string of the molecule is CCCCC(=O)OC(C)C[C@H]1NCC(C)=C1C. The van der Waals surface area contributed by atoms with Gasteiger partial charge in [-0.3, -0.25) is 4.79 Å². The number of nitrogens with one attached hydrogen (secondary N) is 1. The van der Waals surface area contributed by atoms with Crippen molar-refractivity contribution < 1.29 is 9.53 Å². The zero-order valence-electron chi connectivity index (χ0n) is 11.5. The molecule has 1 N–H and O–H groups in total. The Morgan fingerprint density at radius 3 is 2.76 bits per heavy atom. The minimum Gasteiger partial charge on any atom is -0.463 e. The molecule has 0 amide bonds. The minimum absolute atomic E-state index is 0.00212. The van der Waals surface area contributed by atoms with Gasteiger partial charge in [-0.2, -0.15) is 0 Å². The molecule has 0 spiro atoms. The summed E-state index contributed by atoms with van der Waals surface area (Å²) in [6.07, 6.45) is 3.38.